The molecule has 1 aliphatic heterocycles. The number of carbonyl (C=O) groups excluding carboxylic acids is 1. The van der Waals surface area contributed by atoms with Crippen LogP contribution < -0.4 is 14.8 Å². The number of ether oxygens (including phenoxy) is 2. The third kappa shape index (κ3) is 3.96. The van der Waals surface area contributed by atoms with Crippen molar-refractivity contribution in [1.29, 1.82) is 0 Å². The molecule has 1 N–H and O–H groups in total. The van der Waals surface area contributed by atoms with E-state index in [9.17, 15) is 23.7 Å². The number of thiazole rings is 1. The third-order valence-electron chi connectivity index (χ3n) is 4.08. The average Bonchev–Trinajstić information content (AvgIpc) is 3.36. The summed E-state index contributed by atoms with van der Waals surface area (Å²) in [6, 6.07) is 6.01. The Labute approximate surface area is 171 Å². The first-order valence-electron chi connectivity index (χ1n) is 8.39. The number of amides is 1. The van der Waals surface area contributed by atoms with Gasteiger partial charge in [0.1, 0.15) is 0 Å². The molecule has 0 atom stereocenters. The van der Waals surface area contributed by atoms with E-state index in [2.05, 4.69) is 10.3 Å². The van der Waals surface area contributed by atoms with E-state index in [0.717, 1.165) is 29.5 Å². The van der Waals surface area contributed by atoms with Gasteiger partial charge >= 0.3 is 0 Å². The van der Waals surface area contributed by atoms with Gasteiger partial charge in [-0.05, 0) is 30.3 Å². The zero-order valence-corrected chi connectivity index (χ0v) is 15.7. The SMILES string of the molecule is O=C(/C=C/c1cc2c(cc1[N+](=O)[O-])OCO2)Nc1nc(-c2ccc(F)c(F)c2)cs1. The van der Waals surface area contributed by atoms with Crippen molar-refractivity contribution in [3.63, 3.8) is 0 Å². The lowest BCUT2D eigenvalue weighted by Crippen LogP contribution is -2.07. The number of carbonyl (C=O) groups is 1. The lowest BCUT2D eigenvalue weighted by atomic mass is 10.1. The zero-order chi connectivity index (χ0) is 21.3. The predicted molar refractivity (Wildman–Crippen MR) is 104 cm³/mol. The van der Waals surface area contributed by atoms with Gasteiger partial charge in [0.05, 0.1) is 22.2 Å². The molecule has 8 nitrogen and oxygen atoms in total. The molecule has 0 saturated carbocycles. The predicted octanol–water partition coefficient (Wildman–Crippen LogP) is 4.38. The highest BCUT2D eigenvalue weighted by Gasteiger charge is 2.22. The molecule has 11 heteroatoms. The number of hydrogen-bond acceptors (Lipinski definition) is 7. The van der Waals surface area contributed by atoms with Gasteiger partial charge in [0.25, 0.3) is 5.69 Å². The molecule has 2 heterocycles. The maximum atomic E-state index is 13.4. The number of hydrogen-bond donors (Lipinski definition) is 1. The molecule has 0 saturated heterocycles. The van der Waals surface area contributed by atoms with E-state index in [-0.39, 0.29) is 28.9 Å². The molecule has 4 rings (SSSR count). The maximum absolute atomic E-state index is 13.4. The van der Waals surface area contributed by atoms with Crippen molar-refractivity contribution >= 4 is 34.1 Å². The van der Waals surface area contributed by atoms with E-state index in [0.29, 0.717) is 17.0 Å². The minimum absolute atomic E-state index is 0.0372. The highest BCUT2D eigenvalue weighted by Crippen LogP contribution is 2.38. The van der Waals surface area contributed by atoms with Gasteiger partial charge in [-0.25, -0.2) is 13.8 Å². The molecule has 0 unspecified atom stereocenters. The highest BCUT2D eigenvalue weighted by molar-refractivity contribution is 7.14. The summed E-state index contributed by atoms with van der Waals surface area (Å²) in [6.07, 6.45) is 2.39. The first kappa shape index (κ1) is 19.5. The Balaban J connectivity index is 1.49. The lowest BCUT2D eigenvalue weighted by molar-refractivity contribution is -0.385. The fourth-order valence-electron chi connectivity index (χ4n) is 2.67. The average molecular weight is 431 g/mol. The quantitative estimate of drug-likeness (QED) is 0.365. The highest BCUT2D eigenvalue weighted by atomic mass is 32.1. The number of nitro benzene ring substituents is 1. The number of nitrogens with zero attached hydrogens (tertiary/aromatic N) is 2. The van der Waals surface area contributed by atoms with E-state index >= 15 is 0 Å². The minimum atomic E-state index is -1.00. The second kappa shape index (κ2) is 7.87. The van der Waals surface area contributed by atoms with Crippen LogP contribution in [0.1, 0.15) is 5.56 Å². The summed E-state index contributed by atoms with van der Waals surface area (Å²) in [6.45, 7) is -0.0372. The molecule has 0 radical (unpaired) electrons. The minimum Gasteiger partial charge on any atom is -0.454 e. The summed E-state index contributed by atoms with van der Waals surface area (Å²) in [4.78, 5) is 27.0. The van der Waals surface area contributed by atoms with Crippen LogP contribution in [0.15, 0.2) is 41.8 Å². The molecule has 1 aliphatic rings. The van der Waals surface area contributed by atoms with E-state index in [4.69, 9.17) is 9.47 Å². The van der Waals surface area contributed by atoms with Crippen LogP contribution in [0.25, 0.3) is 17.3 Å². The van der Waals surface area contributed by atoms with Crippen LogP contribution in [0.4, 0.5) is 19.6 Å². The Kier molecular flexibility index (Phi) is 5.11. The zero-order valence-electron chi connectivity index (χ0n) is 14.9. The van der Waals surface area contributed by atoms with Crippen molar-refractivity contribution in [3.8, 4) is 22.8 Å². The number of anilines is 1. The van der Waals surface area contributed by atoms with Crippen LogP contribution in [0.2, 0.25) is 0 Å². The molecular weight excluding hydrogens is 420 g/mol. The second-order valence-corrected chi connectivity index (χ2v) is 6.87. The van der Waals surface area contributed by atoms with E-state index in [1.807, 2.05) is 0 Å². The number of halogens is 2. The number of nitro groups is 1. The van der Waals surface area contributed by atoms with Crippen molar-refractivity contribution in [2.75, 3.05) is 12.1 Å². The number of benzene rings is 2. The molecular formula is C19H11F2N3O5S. The van der Waals surface area contributed by atoms with E-state index in [1.165, 1.54) is 24.3 Å². The van der Waals surface area contributed by atoms with Crippen LogP contribution in [0.5, 0.6) is 11.5 Å². The van der Waals surface area contributed by atoms with Crippen LogP contribution in [0.3, 0.4) is 0 Å². The normalized spacial score (nSPS) is 12.3. The molecule has 1 amide bonds. The van der Waals surface area contributed by atoms with Gasteiger partial charge < -0.3 is 9.47 Å². The van der Waals surface area contributed by atoms with Gasteiger partial charge in [-0.3, -0.25) is 20.2 Å². The summed E-state index contributed by atoms with van der Waals surface area (Å²) in [5.41, 5.74) is 0.654. The topological polar surface area (TPSA) is 104 Å². The molecule has 3 aromatic rings. The monoisotopic (exact) mass is 431 g/mol. The molecule has 2 aromatic carbocycles. The van der Waals surface area contributed by atoms with Crippen LogP contribution in [-0.2, 0) is 4.79 Å². The summed E-state index contributed by atoms with van der Waals surface area (Å²) in [5.74, 6) is -1.94. The number of fused-ring (bicyclic) bond motifs is 1. The molecule has 0 spiro atoms. The first-order valence-corrected chi connectivity index (χ1v) is 9.27. The van der Waals surface area contributed by atoms with E-state index in [1.54, 1.807) is 5.38 Å². The summed E-state index contributed by atoms with van der Waals surface area (Å²) in [5, 5.41) is 15.6. The van der Waals surface area contributed by atoms with Gasteiger partial charge in [-0.1, -0.05) is 0 Å². The summed E-state index contributed by atoms with van der Waals surface area (Å²) >= 11 is 1.09. The fourth-order valence-corrected chi connectivity index (χ4v) is 3.39. The van der Waals surface area contributed by atoms with Crippen LogP contribution in [-0.4, -0.2) is 22.6 Å². The third-order valence-corrected chi connectivity index (χ3v) is 4.84. The van der Waals surface area contributed by atoms with Gasteiger partial charge in [0.2, 0.25) is 12.7 Å². The van der Waals surface area contributed by atoms with Crippen molar-refractivity contribution in [1.82, 2.24) is 4.98 Å². The Hall–Kier alpha value is -3.86. The Morgan fingerprint density at radius 3 is 2.70 bits per heavy atom. The summed E-state index contributed by atoms with van der Waals surface area (Å²) in [7, 11) is 0. The smallest absolute Gasteiger partial charge is 0.280 e. The maximum Gasteiger partial charge on any atom is 0.280 e. The van der Waals surface area contributed by atoms with Crippen LogP contribution in [0, 0.1) is 21.7 Å². The number of rotatable bonds is 5. The van der Waals surface area contributed by atoms with Crippen LogP contribution >= 0.6 is 11.3 Å². The molecule has 152 valence electrons. The number of aromatic nitrogens is 1. The molecule has 0 bridgehead atoms. The molecule has 0 fully saturated rings. The lowest BCUT2D eigenvalue weighted by Gasteiger charge is -2.01. The Bertz CT molecular complexity index is 1190. The molecule has 1 aromatic heterocycles. The van der Waals surface area contributed by atoms with Crippen molar-refractivity contribution in [2.45, 2.75) is 0 Å². The standard InChI is InChI=1S/C19H11F2N3O5S/c20-12-3-1-10(5-13(12)21)14-8-30-19(22-14)23-18(25)4-2-11-6-16-17(29-9-28-16)7-15(11)24(26)27/h1-8H,9H2,(H,22,23,25)/b4-2+. The molecule has 0 aliphatic carbocycles. The van der Waals surface area contributed by atoms with Gasteiger partial charge in [0.15, 0.2) is 28.3 Å². The Morgan fingerprint density at radius 2 is 1.97 bits per heavy atom. The van der Waals surface area contributed by atoms with Gasteiger partial charge in [-0.15, -0.1) is 11.3 Å². The second-order valence-electron chi connectivity index (χ2n) is 6.01. The molecule has 30 heavy (non-hydrogen) atoms. The van der Waals surface area contributed by atoms with Gasteiger partial charge in [0, 0.05) is 17.0 Å². The van der Waals surface area contributed by atoms with Gasteiger partial charge in [-0.2, -0.15) is 0 Å². The summed E-state index contributed by atoms with van der Waals surface area (Å²) < 4.78 is 36.7. The number of nitrogens with one attached hydrogen (secondary N) is 1. The van der Waals surface area contributed by atoms with Crippen molar-refractivity contribution < 1.29 is 28.0 Å². The Morgan fingerprint density at radius 1 is 1.20 bits per heavy atom. The largest absolute Gasteiger partial charge is 0.454 e. The van der Waals surface area contributed by atoms with Crippen molar-refractivity contribution in [2.24, 2.45) is 0 Å². The fraction of sp³-hybridized carbons (Fsp3) is 0.0526. The van der Waals surface area contributed by atoms with E-state index < -0.39 is 22.5 Å². The van der Waals surface area contributed by atoms with Crippen molar-refractivity contribution in [3.05, 3.63) is 69.1 Å². The first-order chi connectivity index (χ1) is 14.4.